The van der Waals surface area contributed by atoms with Gasteiger partial charge in [0.15, 0.2) is 0 Å². The van der Waals surface area contributed by atoms with Crippen molar-refractivity contribution in [1.29, 1.82) is 0 Å². The molecule has 0 aromatic carbocycles. The monoisotopic (exact) mass is 235 g/mol. The molecule has 0 radical (unpaired) electrons. The van der Waals surface area contributed by atoms with Crippen molar-refractivity contribution in [2.45, 2.75) is 38.8 Å². The summed E-state index contributed by atoms with van der Waals surface area (Å²) >= 11 is 0. The molecule has 0 aliphatic rings. The molecule has 0 bridgehead atoms. The summed E-state index contributed by atoms with van der Waals surface area (Å²) in [6.07, 6.45) is 2.56. The van der Waals surface area contributed by atoms with E-state index >= 15 is 0 Å². The Morgan fingerprint density at radius 3 is 1.94 bits per heavy atom. The summed E-state index contributed by atoms with van der Waals surface area (Å²) in [7, 11) is 0. The van der Waals surface area contributed by atoms with Crippen LogP contribution in [0.1, 0.15) is 56.2 Å². The van der Waals surface area contributed by atoms with Crippen LogP contribution in [0.4, 0.5) is 0 Å². The third-order valence-corrected chi connectivity index (χ3v) is 2.40. The fourth-order valence-corrected chi connectivity index (χ4v) is 1.23. The highest BCUT2D eigenvalue weighted by atomic mass is 15.1. The van der Waals surface area contributed by atoms with Gasteiger partial charge in [0.2, 0.25) is 5.82 Å². The van der Waals surface area contributed by atoms with Gasteiger partial charge in [-0.25, -0.2) is 15.0 Å². The molecule has 0 saturated carbocycles. The predicted octanol–water partition coefficient (Wildman–Crippen LogP) is 0.340. The number of nitrogens with two attached hydrogens (primary N) is 2. The Morgan fingerprint density at radius 2 is 1.59 bits per heavy atom. The summed E-state index contributed by atoms with van der Waals surface area (Å²) < 4.78 is 0. The van der Waals surface area contributed by atoms with Crippen LogP contribution in [0.3, 0.4) is 0 Å². The topological polar surface area (TPSA) is 127 Å². The van der Waals surface area contributed by atoms with Gasteiger partial charge in [-0.05, 0) is 12.8 Å². The van der Waals surface area contributed by atoms with Crippen LogP contribution in [0.15, 0.2) is 0 Å². The molecule has 7 heteroatoms. The Hall–Kier alpha value is -1.69. The van der Waals surface area contributed by atoms with Gasteiger partial charge < -0.3 is 17.0 Å². The fraction of sp³-hybridized carbons (Fsp3) is 0.600. The summed E-state index contributed by atoms with van der Waals surface area (Å²) in [5.74, 6) is 1.20. The summed E-state index contributed by atoms with van der Waals surface area (Å²) in [5, 5.41) is 0. The Bertz CT molecular complexity index is 396. The molecule has 0 amide bonds. The van der Waals surface area contributed by atoms with Crippen LogP contribution in [-0.4, -0.2) is 26.0 Å². The lowest BCUT2D eigenvalue weighted by molar-refractivity contribution is 0.00387. The Balaban J connectivity index is 3.22. The van der Waals surface area contributed by atoms with Crippen LogP contribution < -0.4 is 11.5 Å². The van der Waals surface area contributed by atoms with Gasteiger partial charge in [-0.15, -0.1) is 0 Å². The molecule has 0 aliphatic heterocycles. The van der Waals surface area contributed by atoms with E-state index in [-0.39, 0.29) is 17.9 Å². The zero-order chi connectivity index (χ0) is 12.8. The third-order valence-electron chi connectivity index (χ3n) is 2.40. The third kappa shape index (κ3) is 3.39. The minimum atomic E-state index is -0.272. The van der Waals surface area contributed by atoms with Gasteiger partial charge in [0, 0.05) is 0 Å². The Morgan fingerprint density at radius 1 is 1.12 bits per heavy atom. The van der Waals surface area contributed by atoms with Crippen LogP contribution in [0.2, 0.25) is 0 Å². The normalized spacial score (nSPS) is 13.9. The molecule has 4 N–H and O–H groups in total. The van der Waals surface area contributed by atoms with Crippen LogP contribution in [0, 0.1) is 0 Å². The second-order valence-corrected chi connectivity index (χ2v) is 3.68. The second-order valence-electron chi connectivity index (χ2n) is 3.68. The second kappa shape index (κ2) is 6.15. The first kappa shape index (κ1) is 13.4. The first-order valence-corrected chi connectivity index (χ1v) is 5.56. The number of hydrogen-bond donors (Lipinski definition) is 2. The van der Waals surface area contributed by atoms with Crippen molar-refractivity contribution in [2.24, 2.45) is 11.5 Å². The summed E-state index contributed by atoms with van der Waals surface area (Å²) in [6.45, 7) is 3.88. The first-order chi connectivity index (χ1) is 8.12. The first-order valence-electron chi connectivity index (χ1n) is 5.56. The minimum Gasteiger partial charge on any atom is -0.361 e. The zero-order valence-corrected chi connectivity index (χ0v) is 10.0. The standard InChI is InChI=1S/C10H17N7/c1-3-6(11)9-15-8(5-14-13)16-10(17-9)7(12)4-2/h5-7H,3-4,11-12H2,1-2H3. The molecule has 1 rings (SSSR count). The highest BCUT2D eigenvalue weighted by molar-refractivity contribution is 5.68. The van der Waals surface area contributed by atoms with Crippen molar-refractivity contribution in [2.75, 3.05) is 0 Å². The van der Waals surface area contributed by atoms with Crippen molar-refractivity contribution in [1.82, 2.24) is 15.0 Å². The van der Waals surface area contributed by atoms with Gasteiger partial charge in [-0.1, -0.05) is 13.8 Å². The molecule has 0 saturated heterocycles. The van der Waals surface area contributed by atoms with Crippen molar-refractivity contribution in [3.63, 3.8) is 0 Å². The van der Waals surface area contributed by atoms with E-state index in [0.717, 1.165) is 6.21 Å². The summed E-state index contributed by atoms with van der Waals surface area (Å²) in [4.78, 5) is 15.3. The van der Waals surface area contributed by atoms with E-state index in [1.165, 1.54) is 0 Å². The molecule has 2 unspecified atom stereocenters. The predicted molar refractivity (Wildman–Crippen MR) is 63.1 cm³/mol. The van der Waals surface area contributed by atoms with Gasteiger partial charge in [0.05, 0.1) is 12.1 Å². The highest BCUT2D eigenvalue weighted by Gasteiger charge is 2.15. The molecule has 1 aromatic rings. The van der Waals surface area contributed by atoms with Gasteiger partial charge in [-0.2, -0.15) is 4.79 Å². The maximum absolute atomic E-state index is 8.50. The van der Waals surface area contributed by atoms with Crippen molar-refractivity contribution < 1.29 is 4.79 Å². The van der Waals surface area contributed by atoms with Crippen LogP contribution in [0.25, 0.3) is 5.53 Å². The fourth-order valence-electron chi connectivity index (χ4n) is 1.23. The van der Waals surface area contributed by atoms with Gasteiger partial charge >= 0.3 is 6.21 Å². The van der Waals surface area contributed by atoms with Gasteiger partial charge in [0.25, 0.3) is 0 Å². The van der Waals surface area contributed by atoms with Crippen LogP contribution in [0.5, 0.6) is 0 Å². The minimum absolute atomic E-state index is 0.264. The van der Waals surface area contributed by atoms with Gasteiger partial charge in [-0.3, -0.25) is 0 Å². The molecule has 7 nitrogen and oxygen atoms in total. The maximum Gasteiger partial charge on any atom is 0.324 e. The lowest BCUT2D eigenvalue weighted by Crippen LogP contribution is -2.21. The molecule has 0 spiro atoms. The molecule has 2 atom stereocenters. The number of nitrogens with zero attached hydrogens (tertiary/aromatic N) is 5. The summed E-state index contributed by atoms with van der Waals surface area (Å²) in [6, 6.07) is -0.543. The molecule has 0 fully saturated rings. The zero-order valence-electron chi connectivity index (χ0n) is 10.0. The number of rotatable bonds is 5. The van der Waals surface area contributed by atoms with E-state index in [0.29, 0.717) is 24.5 Å². The summed E-state index contributed by atoms with van der Waals surface area (Å²) in [5.41, 5.74) is 20.2. The smallest absolute Gasteiger partial charge is 0.324 e. The van der Waals surface area contributed by atoms with Crippen LogP contribution in [-0.2, 0) is 0 Å². The molecular weight excluding hydrogens is 218 g/mol. The van der Waals surface area contributed by atoms with E-state index in [2.05, 4.69) is 19.7 Å². The molecule has 1 aromatic heterocycles. The van der Waals surface area contributed by atoms with Gasteiger partial charge in [0.1, 0.15) is 11.6 Å². The van der Waals surface area contributed by atoms with E-state index < -0.39 is 0 Å². The van der Waals surface area contributed by atoms with Crippen molar-refractivity contribution >= 4 is 6.21 Å². The Kier molecular flexibility index (Phi) is 4.84. The molecule has 1 heterocycles. The average molecular weight is 235 g/mol. The van der Waals surface area contributed by atoms with E-state index in [9.17, 15) is 0 Å². The van der Waals surface area contributed by atoms with Crippen LogP contribution >= 0.6 is 0 Å². The highest BCUT2D eigenvalue weighted by Crippen LogP contribution is 2.13. The van der Waals surface area contributed by atoms with E-state index in [4.69, 9.17) is 17.0 Å². The molecule has 0 aliphatic carbocycles. The molecular formula is C10H17N7. The van der Waals surface area contributed by atoms with E-state index in [1.54, 1.807) is 0 Å². The molecule has 92 valence electrons. The average Bonchev–Trinajstić information content (AvgIpc) is 2.36. The lowest BCUT2D eigenvalue weighted by atomic mass is 10.2. The van der Waals surface area contributed by atoms with Crippen molar-refractivity contribution in [3.8, 4) is 0 Å². The number of hydrogen-bond acceptors (Lipinski definition) is 5. The van der Waals surface area contributed by atoms with Crippen molar-refractivity contribution in [3.05, 3.63) is 23.0 Å². The SMILES string of the molecule is CCC(N)c1nc(C=[N+]=[N-])nc(C(N)CC)n1. The quantitative estimate of drug-likeness (QED) is 0.432. The maximum atomic E-state index is 8.50. The molecule has 17 heavy (non-hydrogen) atoms. The van der Waals surface area contributed by atoms with E-state index in [1.807, 2.05) is 13.8 Å². The number of aromatic nitrogens is 3. The Labute approximate surface area is 99.9 Å². The lowest BCUT2D eigenvalue weighted by Gasteiger charge is -2.11. The largest absolute Gasteiger partial charge is 0.361 e.